The summed E-state index contributed by atoms with van der Waals surface area (Å²) in [5.74, 6) is -1.38. The molecule has 3 amide bonds. The van der Waals surface area contributed by atoms with Crippen molar-refractivity contribution >= 4 is 17.7 Å². The lowest BCUT2D eigenvalue weighted by Crippen LogP contribution is -2.54. The van der Waals surface area contributed by atoms with Crippen molar-refractivity contribution < 1.29 is 19.1 Å². The number of amides is 3. The first-order chi connectivity index (χ1) is 11.5. The van der Waals surface area contributed by atoms with Crippen LogP contribution in [0, 0.1) is 11.8 Å². The lowest BCUT2D eigenvalue weighted by Gasteiger charge is -2.34. The minimum atomic E-state index is -0.531. The van der Waals surface area contributed by atoms with E-state index in [1.165, 1.54) is 19.1 Å². The van der Waals surface area contributed by atoms with Gasteiger partial charge in [0.25, 0.3) is 0 Å². The molecule has 1 aliphatic heterocycles. The van der Waals surface area contributed by atoms with Crippen molar-refractivity contribution in [2.24, 2.45) is 11.8 Å². The molecule has 0 saturated carbocycles. The number of hydrogen-bond acceptors (Lipinski definition) is 4. The molecular formula is C18H24N2O4. The summed E-state index contributed by atoms with van der Waals surface area (Å²) in [4.78, 5) is 40.2. The van der Waals surface area contributed by atoms with Gasteiger partial charge in [-0.3, -0.25) is 14.5 Å². The molecule has 1 saturated heterocycles. The van der Waals surface area contributed by atoms with Crippen molar-refractivity contribution in [2.75, 3.05) is 33.9 Å². The van der Waals surface area contributed by atoms with Crippen molar-refractivity contribution in [3.8, 4) is 0 Å². The maximum Gasteiger partial charge on any atom is 0.326 e. The van der Waals surface area contributed by atoms with Gasteiger partial charge in [-0.15, -0.1) is 0 Å². The minimum absolute atomic E-state index is 0.00164. The Labute approximate surface area is 142 Å². The highest BCUT2D eigenvalue weighted by molar-refractivity contribution is 6.01. The maximum atomic E-state index is 12.7. The molecule has 1 aromatic rings. The molecule has 2 rings (SSSR count). The molecule has 0 aliphatic carbocycles. The van der Waals surface area contributed by atoms with Crippen LogP contribution in [0.2, 0.25) is 0 Å². The molecule has 0 radical (unpaired) electrons. The average Bonchev–Trinajstić information content (AvgIpc) is 2.60. The Morgan fingerprint density at radius 1 is 1.17 bits per heavy atom. The summed E-state index contributed by atoms with van der Waals surface area (Å²) >= 11 is 0. The van der Waals surface area contributed by atoms with Gasteiger partial charge in [0, 0.05) is 32.5 Å². The summed E-state index contributed by atoms with van der Waals surface area (Å²) in [6.07, 6.45) is 0.493. The molecule has 24 heavy (non-hydrogen) atoms. The summed E-state index contributed by atoms with van der Waals surface area (Å²) in [5, 5.41) is 0. The molecule has 2 atom stereocenters. The predicted octanol–water partition coefficient (Wildman–Crippen LogP) is 1.59. The fourth-order valence-electron chi connectivity index (χ4n) is 2.97. The molecule has 0 N–H and O–H groups in total. The second-order valence-electron chi connectivity index (χ2n) is 6.15. The van der Waals surface area contributed by atoms with E-state index >= 15 is 0 Å². The molecule has 0 spiro atoms. The standard InChI is InChI=1S/C18H24N2O4/c1-13-15(11-14-7-5-4-6-8-14)16(21)12-20(9-10-24-3)18(23)19(2)17(13)22/h4-8,13,15H,9-12H2,1-3H3. The zero-order chi connectivity index (χ0) is 17.7. The Morgan fingerprint density at radius 2 is 1.83 bits per heavy atom. The monoisotopic (exact) mass is 332 g/mol. The minimum Gasteiger partial charge on any atom is -0.383 e. The molecule has 130 valence electrons. The number of rotatable bonds is 5. The van der Waals surface area contributed by atoms with Gasteiger partial charge in [0.1, 0.15) is 0 Å². The van der Waals surface area contributed by atoms with Gasteiger partial charge in [0.2, 0.25) is 5.91 Å². The van der Waals surface area contributed by atoms with E-state index in [2.05, 4.69) is 0 Å². The van der Waals surface area contributed by atoms with Crippen LogP contribution >= 0.6 is 0 Å². The van der Waals surface area contributed by atoms with Crippen LogP contribution in [0.25, 0.3) is 0 Å². The number of benzene rings is 1. The van der Waals surface area contributed by atoms with Crippen LogP contribution in [0.4, 0.5) is 4.79 Å². The largest absolute Gasteiger partial charge is 0.383 e. The number of ether oxygens (including phenoxy) is 1. The lowest BCUT2D eigenvalue weighted by molar-refractivity contribution is -0.140. The van der Waals surface area contributed by atoms with Crippen LogP contribution in [-0.2, 0) is 20.7 Å². The summed E-state index contributed by atoms with van der Waals surface area (Å²) in [5.41, 5.74) is 1.01. The van der Waals surface area contributed by atoms with Crippen molar-refractivity contribution in [1.82, 2.24) is 9.80 Å². The SMILES string of the molecule is COCCN1CC(=O)C(Cc2ccccc2)C(C)C(=O)N(C)C1=O. The van der Waals surface area contributed by atoms with Crippen molar-refractivity contribution in [1.29, 1.82) is 0 Å². The lowest BCUT2D eigenvalue weighted by atomic mass is 9.83. The van der Waals surface area contributed by atoms with E-state index in [1.807, 2.05) is 30.3 Å². The van der Waals surface area contributed by atoms with E-state index in [9.17, 15) is 14.4 Å². The number of Topliss-reactive ketones (excluding diaryl/α,β-unsaturated/α-hetero) is 1. The fraction of sp³-hybridized carbons (Fsp3) is 0.500. The van der Waals surface area contributed by atoms with E-state index in [4.69, 9.17) is 4.74 Å². The summed E-state index contributed by atoms with van der Waals surface area (Å²) in [7, 11) is 3.00. The predicted molar refractivity (Wildman–Crippen MR) is 89.4 cm³/mol. The van der Waals surface area contributed by atoms with E-state index in [0.717, 1.165) is 10.5 Å². The van der Waals surface area contributed by atoms with Gasteiger partial charge < -0.3 is 9.64 Å². The zero-order valence-corrected chi connectivity index (χ0v) is 14.4. The van der Waals surface area contributed by atoms with E-state index in [1.54, 1.807) is 6.92 Å². The van der Waals surface area contributed by atoms with Gasteiger partial charge in [-0.25, -0.2) is 4.79 Å². The second kappa shape index (κ2) is 8.06. The molecule has 6 heteroatoms. The Morgan fingerprint density at radius 3 is 2.46 bits per heavy atom. The Bertz CT molecular complexity index is 602. The molecule has 6 nitrogen and oxygen atoms in total. The summed E-state index contributed by atoms with van der Waals surface area (Å²) in [6.45, 7) is 2.33. The van der Waals surface area contributed by atoms with Crippen LogP contribution in [0.3, 0.4) is 0 Å². The number of imide groups is 1. The van der Waals surface area contributed by atoms with Gasteiger partial charge in [0.15, 0.2) is 5.78 Å². The first-order valence-corrected chi connectivity index (χ1v) is 8.07. The topological polar surface area (TPSA) is 66.9 Å². The van der Waals surface area contributed by atoms with Gasteiger partial charge in [-0.1, -0.05) is 37.3 Å². The summed E-state index contributed by atoms with van der Waals surface area (Å²) in [6, 6.07) is 9.18. The molecule has 1 aliphatic rings. The van der Waals surface area contributed by atoms with Gasteiger partial charge in [-0.05, 0) is 12.0 Å². The number of ketones is 1. The van der Waals surface area contributed by atoms with Crippen LogP contribution in [-0.4, -0.2) is 61.4 Å². The Kier molecular flexibility index (Phi) is 6.09. The first kappa shape index (κ1) is 18.1. The molecule has 0 bridgehead atoms. The molecule has 1 heterocycles. The highest BCUT2D eigenvalue weighted by atomic mass is 16.5. The Balaban J connectivity index is 2.25. The number of hydrogen-bond donors (Lipinski definition) is 0. The smallest absolute Gasteiger partial charge is 0.326 e. The van der Waals surface area contributed by atoms with Crippen molar-refractivity contribution in [3.63, 3.8) is 0 Å². The highest BCUT2D eigenvalue weighted by Crippen LogP contribution is 2.24. The third-order valence-corrected chi connectivity index (χ3v) is 4.51. The third kappa shape index (κ3) is 4.00. The number of urea groups is 1. The quantitative estimate of drug-likeness (QED) is 0.821. The van der Waals surface area contributed by atoms with Crippen LogP contribution < -0.4 is 0 Å². The molecule has 0 aromatic heterocycles. The summed E-state index contributed by atoms with van der Waals surface area (Å²) < 4.78 is 5.00. The van der Waals surface area contributed by atoms with E-state index in [-0.39, 0.29) is 24.8 Å². The fourth-order valence-corrected chi connectivity index (χ4v) is 2.97. The third-order valence-electron chi connectivity index (χ3n) is 4.51. The number of nitrogens with zero attached hydrogens (tertiary/aromatic N) is 2. The van der Waals surface area contributed by atoms with Gasteiger partial charge in [-0.2, -0.15) is 0 Å². The van der Waals surface area contributed by atoms with Gasteiger partial charge >= 0.3 is 6.03 Å². The molecular weight excluding hydrogens is 308 g/mol. The maximum absolute atomic E-state index is 12.7. The van der Waals surface area contributed by atoms with Crippen molar-refractivity contribution in [2.45, 2.75) is 13.3 Å². The van der Waals surface area contributed by atoms with Crippen molar-refractivity contribution in [3.05, 3.63) is 35.9 Å². The van der Waals surface area contributed by atoms with E-state index < -0.39 is 17.9 Å². The van der Waals surface area contributed by atoms with Crippen LogP contribution in [0.15, 0.2) is 30.3 Å². The highest BCUT2D eigenvalue weighted by Gasteiger charge is 2.38. The number of carbonyl (C=O) groups is 3. The molecule has 2 unspecified atom stereocenters. The van der Waals surface area contributed by atoms with E-state index in [0.29, 0.717) is 13.0 Å². The van der Waals surface area contributed by atoms with Crippen LogP contribution in [0.5, 0.6) is 0 Å². The average molecular weight is 332 g/mol. The normalized spacial score (nSPS) is 22.5. The molecule has 1 fully saturated rings. The number of methoxy groups -OCH3 is 1. The first-order valence-electron chi connectivity index (χ1n) is 8.07. The zero-order valence-electron chi connectivity index (χ0n) is 14.4. The number of carbonyl (C=O) groups excluding carboxylic acids is 3. The Hall–Kier alpha value is -2.21. The second-order valence-corrected chi connectivity index (χ2v) is 6.15. The van der Waals surface area contributed by atoms with Gasteiger partial charge in [0.05, 0.1) is 13.2 Å². The molecule has 1 aromatic carbocycles. The van der Waals surface area contributed by atoms with Crippen LogP contribution in [0.1, 0.15) is 12.5 Å².